The minimum Gasteiger partial charge on any atom is -0.424 e. The molecule has 1 heterocycles. The van der Waals surface area contributed by atoms with E-state index in [0.717, 1.165) is 14.9 Å². The molecule has 0 saturated carbocycles. The second kappa shape index (κ2) is 5.65. The van der Waals surface area contributed by atoms with Crippen LogP contribution >= 0.6 is 22.6 Å². The molecule has 0 aliphatic heterocycles. The topological polar surface area (TPSA) is 35.0 Å². The van der Waals surface area contributed by atoms with Crippen molar-refractivity contribution in [3.8, 4) is 11.8 Å². The lowest BCUT2D eigenvalue weighted by Gasteiger charge is -2.11. The molecule has 18 heavy (non-hydrogen) atoms. The van der Waals surface area contributed by atoms with Gasteiger partial charge >= 0.3 is 6.01 Å². The summed E-state index contributed by atoms with van der Waals surface area (Å²) in [6.07, 6.45) is 3.48. The highest BCUT2D eigenvalue weighted by Crippen LogP contribution is 2.27. The van der Waals surface area contributed by atoms with Gasteiger partial charge in [0.1, 0.15) is 5.75 Å². The first-order chi connectivity index (χ1) is 8.56. The predicted octanol–water partition coefficient (Wildman–Crippen LogP) is 4.31. The SMILES string of the molecule is Cc1ccc(C(C)C)cc1Oc1ncc(I)cn1. The van der Waals surface area contributed by atoms with Crippen LogP contribution in [0.5, 0.6) is 11.8 Å². The Hall–Kier alpha value is -1.17. The Morgan fingerprint density at radius 3 is 2.44 bits per heavy atom. The van der Waals surface area contributed by atoms with Crippen molar-refractivity contribution in [1.29, 1.82) is 0 Å². The number of aromatic nitrogens is 2. The van der Waals surface area contributed by atoms with Crippen LogP contribution in [0.1, 0.15) is 30.9 Å². The van der Waals surface area contributed by atoms with Crippen molar-refractivity contribution in [2.75, 3.05) is 0 Å². The van der Waals surface area contributed by atoms with E-state index < -0.39 is 0 Å². The van der Waals surface area contributed by atoms with E-state index in [0.29, 0.717) is 11.9 Å². The highest BCUT2D eigenvalue weighted by molar-refractivity contribution is 14.1. The third-order valence-electron chi connectivity index (χ3n) is 2.68. The molecule has 94 valence electrons. The molecule has 1 aromatic heterocycles. The van der Waals surface area contributed by atoms with Crippen LogP contribution in [-0.4, -0.2) is 9.97 Å². The lowest BCUT2D eigenvalue weighted by atomic mass is 10.0. The minimum atomic E-state index is 0.388. The van der Waals surface area contributed by atoms with Gasteiger partial charge in [-0.1, -0.05) is 26.0 Å². The molecule has 0 spiro atoms. The zero-order valence-electron chi connectivity index (χ0n) is 10.6. The molecule has 3 nitrogen and oxygen atoms in total. The largest absolute Gasteiger partial charge is 0.424 e. The molecular formula is C14H15IN2O. The van der Waals surface area contributed by atoms with Crippen molar-refractivity contribution < 1.29 is 4.74 Å². The highest BCUT2D eigenvalue weighted by atomic mass is 127. The fourth-order valence-electron chi connectivity index (χ4n) is 1.54. The summed E-state index contributed by atoms with van der Waals surface area (Å²) in [6.45, 7) is 6.35. The van der Waals surface area contributed by atoms with E-state index in [-0.39, 0.29) is 0 Å². The van der Waals surface area contributed by atoms with Gasteiger partial charge in [-0.15, -0.1) is 0 Å². The number of nitrogens with zero attached hydrogens (tertiary/aromatic N) is 2. The van der Waals surface area contributed by atoms with Crippen molar-refractivity contribution >= 4 is 22.6 Å². The molecule has 0 bridgehead atoms. The maximum atomic E-state index is 5.73. The van der Waals surface area contributed by atoms with Gasteiger partial charge in [-0.3, -0.25) is 0 Å². The van der Waals surface area contributed by atoms with Gasteiger partial charge in [0.25, 0.3) is 0 Å². The third kappa shape index (κ3) is 3.19. The highest BCUT2D eigenvalue weighted by Gasteiger charge is 2.07. The monoisotopic (exact) mass is 354 g/mol. The normalized spacial score (nSPS) is 10.7. The number of aryl methyl sites for hydroxylation is 1. The summed E-state index contributed by atoms with van der Waals surface area (Å²) in [5, 5.41) is 0. The van der Waals surface area contributed by atoms with Gasteiger partial charge in [0, 0.05) is 16.0 Å². The third-order valence-corrected chi connectivity index (χ3v) is 3.23. The molecular weight excluding hydrogens is 339 g/mol. The zero-order valence-corrected chi connectivity index (χ0v) is 12.8. The van der Waals surface area contributed by atoms with Gasteiger partial charge in [-0.05, 0) is 52.6 Å². The van der Waals surface area contributed by atoms with Gasteiger partial charge < -0.3 is 4.74 Å². The Labute approximate surface area is 121 Å². The summed E-state index contributed by atoms with van der Waals surface area (Å²) in [5.41, 5.74) is 2.34. The Balaban J connectivity index is 2.27. The molecule has 0 amide bonds. The van der Waals surface area contributed by atoms with Crippen LogP contribution in [0.15, 0.2) is 30.6 Å². The van der Waals surface area contributed by atoms with Crippen molar-refractivity contribution in [3.05, 3.63) is 45.3 Å². The number of halogens is 1. The van der Waals surface area contributed by atoms with Crippen molar-refractivity contribution in [2.24, 2.45) is 0 Å². The molecule has 1 aromatic carbocycles. The van der Waals surface area contributed by atoms with E-state index in [1.54, 1.807) is 12.4 Å². The van der Waals surface area contributed by atoms with Crippen LogP contribution < -0.4 is 4.74 Å². The summed E-state index contributed by atoms with van der Waals surface area (Å²) < 4.78 is 6.72. The summed E-state index contributed by atoms with van der Waals surface area (Å²) in [6, 6.07) is 6.64. The second-order valence-electron chi connectivity index (χ2n) is 4.47. The molecule has 0 aliphatic carbocycles. The number of ether oxygens (including phenoxy) is 1. The average molecular weight is 354 g/mol. The maximum Gasteiger partial charge on any atom is 0.321 e. The number of rotatable bonds is 3. The van der Waals surface area contributed by atoms with Crippen LogP contribution in [0.3, 0.4) is 0 Å². The molecule has 2 aromatic rings. The molecule has 2 rings (SSSR count). The van der Waals surface area contributed by atoms with E-state index in [1.807, 2.05) is 6.92 Å². The van der Waals surface area contributed by atoms with Gasteiger partial charge in [-0.25, -0.2) is 9.97 Å². The fraction of sp³-hybridized carbons (Fsp3) is 0.286. The Kier molecular flexibility index (Phi) is 4.16. The zero-order chi connectivity index (χ0) is 13.1. The van der Waals surface area contributed by atoms with E-state index in [1.165, 1.54) is 5.56 Å². The predicted molar refractivity (Wildman–Crippen MR) is 80.1 cm³/mol. The van der Waals surface area contributed by atoms with Crippen molar-refractivity contribution in [3.63, 3.8) is 0 Å². The first-order valence-electron chi connectivity index (χ1n) is 5.82. The average Bonchev–Trinajstić information content (AvgIpc) is 2.34. The molecule has 0 aliphatic rings. The Morgan fingerprint density at radius 1 is 1.17 bits per heavy atom. The summed E-state index contributed by atoms with van der Waals surface area (Å²) in [5.74, 6) is 1.30. The molecule has 4 heteroatoms. The molecule has 0 N–H and O–H groups in total. The van der Waals surface area contributed by atoms with Crippen LogP contribution in [0, 0.1) is 10.5 Å². The number of hydrogen-bond donors (Lipinski definition) is 0. The second-order valence-corrected chi connectivity index (χ2v) is 5.71. The minimum absolute atomic E-state index is 0.388. The van der Waals surface area contributed by atoms with Crippen LogP contribution in [0.4, 0.5) is 0 Å². The molecule has 0 atom stereocenters. The lowest BCUT2D eigenvalue weighted by Crippen LogP contribution is -1.95. The molecule has 0 fully saturated rings. The first-order valence-corrected chi connectivity index (χ1v) is 6.90. The van der Waals surface area contributed by atoms with E-state index in [4.69, 9.17) is 4.74 Å². The Morgan fingerprint density at radius 2 is 1.83 bits per heavy atom. The quantitative estimate of drug-likeness (QED) is 0.771. The first kappa shape index (κ1) is 13.3. The van der Waals surface area contributed by atoms with Gasteiger partial charge in [0.05, 0.1) is 0 Å². The van der Waals surface area contributed by atoms with Crippen LogP contribution in [0.25, 0.3) is 0 Å². The summed E-state index contributed by atoms with van der Waals surface area (Å²) in [4.78, 5) is 8.30. The standard InChI is InChI=1S/C14H15IN2O/c1-9(2)11-5-4-10(3)13(6-11)18-14-16-7-12(15)8-17-14/h4-9H,1-3H3. The van der Waals surface area contributed by atoms with Gasteiger partial charge in [0.2, 0.25) is 0 Å². The summed E-state index contributed by atoms with van der Waals surface area (Å²) in [7, 11) is 0. The van der Waals surface area contributed by atoms with E-state index in [2.05, 4.69) is 64.6 Å². The van der Waals surface area contributed by atoms with Crippen molar-refractivity contribution in [1.82, 2.24) is 9.97 Å². The molecule has 0 saturated heterocycles. The van der Waals surface area contributed by atoms with E-state index in [9.17, 15) is 0 Å². The fourth-order valence-corrected chi connectivity index (χ4v) is 1.82. The van der Waals surface area contributed by atoms with Gasteiger partial charge in [0.15, 0.2) is 0 Å². The number of benzene rings is 1. The summed E-state index contributed by atoms with van der Waals surface area (Å²) >= 11 is 2.17. The van der Waals surface area contributed by atoms with E-state index >= 15 is 0 Å². The number of hydrogen-bond acceptors (Lipinski definition) is 3. The van der Waals surface area contributed by atoms with Gasteiger partial charge in [-0.2, -0.15) is 0 Å². The maximum absolute atomic E-state index is 5.73. The lowest BCUT2D eigenvalue weighted by molar-refractivity contribution is 0.437. The molecule has 0 unspecified atom stereocenters. The smallest absolute Gasteiger partial charge is 0.321 e. The molecule has 0 radical (unpaired) electrons. The van der Waals surface area contributed by atoms with Crippen LogP contribution in [0.2, 0.25) is 0 Å². The van der Waals surface area contributed by atoms with Crippen molar-refractivity contribution in [2.45, 2.75) is 26.7 Å². The van der Waals surface area contributed by atoms with Crippen LogP contribution in [-0.2, 0) is 0 Å². The Bertz CT molecular complexity index is 538.